The van der Waals surface area contributed by atoms with Crippen molar-refractivity contribution >= 4 is 11.4 Å². The van der Waals surface area contributed by atoms with Gasteiger partial charge in [0, 0.05) is 43.8 Å². The van der Waals surface area contributed by atoms with Gasteiger partial charge >= 0.3 is 0 Å². The zero-order chi connectivity index (χ0) is 17.1. The smallest absolute Gasteiger partial charge is 0.274 e. The monoisotopic (exact) mass is 337 g/mol. The van der Waals surface area contributed by atoms with E-state index in [0.717, 1.165) is 17.6 Å². The summed E-state index contributed by atoms with van der Waals surface area (Å²) in [5.74, 6) is 0.0918. The molecule has 4 heterocycles. The quantitative estimate of drug-likeness (QED) is 0.723. The van der Waals surface area contributed by atoms with Crippen LogP contribution < -0.4 is 0 Å². The molecule has 0 N–H and O–H groups in total. The van der Waals surface area contributed by atoms with Crippen molar-refractivity contribution < 1.29 is 9.53 Å². The molecule has 3 aromatic heterocycles. The zero-order valence-electron chi connectivity index (χ0n) is 13.8. The van der Waals surface area contributed by atoms with Crippen molar-refractivity contribution in [3.63, 3.8) is 0 Å². The summed E-state index contributed by atoms with van der Waals surface area (Å²) in [5, 5.41) is 7.73. The zero-order valence-corrected chi connectivity index (χ0v) is 13.8. The van der Waals surface area contributed by atoms with Crippen molar-refractivity contribution in [2.75, 3.05) is 26.3 Å². The molecule has 1 saturated heterocycles. The number of amides is 1. The maximum Gasteiger partial charge on any atom is 0.274 e. The summed E-state index contributed by atoms with van der Waals surface area (Å²) >= 11 is 0. The summed E-state index contributed by atoms with van der Waals surface area (Å²) in [4.78, 5) is 19.0. The lowest BCUT2D eigenvalue weighted by atomic mass is 10.0. The lowest BCUT2D eigenvalue weighted by Crippen LogP contribution is -2.37. The minimum absolute atomic E-state index is 0.0996. The number of rotatable bonds is 3. The number of nitrogens with zero attached hydrogens (tertiary/aromatic N) is 5. The molecule has 0 saturated carbocycles. The Hall–Kier alpha value is -2.80. The third-order valence-electron chi connectivity index (χ3n) is 4.43. The average molecular weight is 337 g/mol. The first-order valence-electron chi connectivity index (χ1n) is 8.36. The Morgan fingerprint density at radius 1 is 1.24 bits per heavy atom. The summed E-state index contributed by atoms with van der Waals surface area (Å²) in [6.07, 6.45) is 8.08. The molecule has 7 nitrogen and oxygen atoms in total. The molecular formula is C18H19N5O2. The third kappa shape index (κ3) is 3.36. The number of hydrogen-bond acceptors (Lipinski definition) is 5. The van der Waals surface area contributed by atoms with E-state index in [1.54, 1.807) is 23.2 Å². The second-order valence-corrected chi connectivity index (χ2v) is 6.18. The second-order valence-electron chi connectivity index (χ2n) is 6.18. The number of carbonyl (C=O) groups excluding carboxylic acids is 1. The molecule has 0 aromatic carbocycles. The van der Waals surface area contributed by atoms with Crippen molar-refractivity contribution in [2.24, 2.45) is 5.92 Å². The van der Waals surface area contributed by atoms with Crippen LogP contribution in [0.4, 0.5) is 0 Å². The third-order valence-corrected chi connectivity index (χ3v) is 4.43. The standard InChI is InChI=1S/C18H19N5O2/c24-18(15-3-1-5-20-21-15)23-9-10-25-13-14(12-23)11-16-17-4-2-7-22(17)8-6-19-16/h1-8,14H,9-13H2. The Morgan fingerprint density at radius 2 is 2.20 bits per heavy atom. The predicted molar refractivity (Wildman–Crippen MR) is 91.1 cm³/mol. The van der Waals surface area contributed by atoms with Crippen LogP contribution in [0.15, 0.2) is 49.1 Å². The molecule has 0 bridgehead atoms. The predicted octanol–water partition coefficient (Wildman–Crippen LogP) is 1.46. The molecule has 1 fully saturated rings. The van der Waals surface area contributed by atoms with Crippen molar-refractivity contribution in [3.05, 3.63) is 60.4 Å². The number of fused-ring (bicyclic) bond motifs is 1. The molecule has 0 aliphatic carbocycles. The molecule has 128 valence electrons. The van der Waals surface area contributed by atoms with E-state index in [-0.39, 0.29) is 11.8 Å². The van der Waals surface area contributed by atoms with Crippen molar-refractivity contribution in [3.8, 4) is 0 Å². The highest BCUT2D eigenvalue weighted by atomic mass is 16.5. The van der Waals surface area contributed by atoms with E-state index in [1.807, 2.05) is 24.7 Å². The topological polar surface area (TPSA) is 72.6 Å². The number of aromatic nitrogens is 4. The van der Waals surface area contributed by atoms with Crippen LogP contribution in [0.1, 0.15) is 16.2 Å². The molecule has 3 aromatic rings. The van der Waals surface area contributed by atoms with Crippen LogP contribution in [0, 0.1) is 5.92 Å². The molecule has 1 aliphatic rings. The summed E-state index contributed by atoms with van der Waals surface area (Å²) in [6.45, 7) is 2.34. The largest absolute Gasteiger partial charge is 0.379 e. The first kappa shape index (κ1) is 15.7. The van der Waals surface area contributed by atoms with Gasteiger partial charge in [-0.05, 0) is 30.7 Å². The van der Waals surface area contributed by atoms with E-state index in [9.17, 15) is 4.79 Å². The van der Waals surface area contributed by atoms with Gasteiger partial charge in [0.1, 0.15) is 0 Å². The van der Waals surface area contributed by atoms with Gasteiger partial charge in [0.2, 0.25) is 0 Å². The van der Waals surface area contributed by atoms with Crippen LogP contribution in [-0.4, -0.2) is 56.7 Å². The Kier molecular flexibility index (Phi) is 4.39. The molecule has 1 atom stereocenters. The van der Waals surface area contributed by atoms with Gasteiger partial charge in [-0.2, -0.15) is 5.10 Å². The molecule has 0 radical (unpaired) electrons. The van der Waals surface area contributed by atoms with E-state index >= 15 is 0 Å². The van der Waals surface area contributed by atoms with Gasteiger partial charge in [-0.15, -0.1) is 5.10 Å². The van der Waals surface area contributed by atoms with Gasteiger partial charge in [-0.1, -0.05) is 0 Å². The van der Waals surface area contributed by atoms with Gasteiger partial charge in [0.05, 0.1) is 24.4 Å². The van der Waals surface area contributed by atoms with Gasteiger partial charge in [0.15, 0.2) is 5.69 Å². The maximum atomic E-state index is 12.7. The normalized spacial score (nSPS) is 18.2. The summed E-state index contributed by atoms with van der Waals surface area (Å²) in [6, 6.07) is 7.48. The van der Waals surface area contributed by atoms with E-state index in [2.05, 4.69) is 25.6 Å². The molecule has 1 amide bonds. The highest BCUT2D eigenvalue weighted by molar-refractivity contribution is 5.92. The van der Waals surface area contributed by atoms with Crippen LogP contribution in [-0.2, 0) is 11.2 Å². The fourth-order valence-electron chi connectivity index (χ4n) is 3.23. The first-order valence-corrected chi connectivity index (χ1v) is 8.36. The first-order chi connectivity index (χ1) is 12.3. The highest BCUT2D eigenvalue weighted by Crippen LogP contribution is 2.18. The van der Waals surface area contributed by atoms with Gasteiger partial charge in [-0.25, -0.2) is 0 Å². The van der Waals surface area contributed by atoms with Crippen LogP contribution >= 0.6 is 0 Å². The van der Waals surface area contributed by atoms with Crippen molar-refractivity contribution in [1.29, 1.82) is 0 Å². The minimum atomic E-state index is -0.0996. The maximum absolute atomic E-state index is 12.7. The van der Waals surface area contributed by atoms with Crippen LogP contribution in [0.3, 0.4) is 0 Å². The van der Waals surface area contributed by atoms with Crippen LogP contribution in [0.2, 0.25) is 0 Å². The minimum Gasteiger partial charge on any atom is -0.379 e. The highest BCUT2D eigenvalue weighted by Gasteiger charge is 2.25. The molecule has 1 unspecified atom stereocenters. The Balaban J connectivity index is 1.52. The van der Waals surface area contributed by atoms with Gasteiger partial charge in [0.25, 0.3) is 5.91 Å². The fraction of sp³-hybridized carbons (Fsp3) is 0.333. The molecular weight excluding hydrogens is 318 g/mol. The number of ether oxygens (including phenoxy) is 1. The number of hydrogen-bond donors (Lipinski definition) is 0. The van der Waals surface area contributed by atoms with E-state index in [1.165, 1.54) is 0 Å². The average Bonchev–Trinajstić information content (AvgIpc) is 3.02. The molecule has 0 spiro atoms. The van der Waals surface area contributed by atoms with Crippen molar-refractivity contribution in [1.82, 2.24) is 24.5 Å². The SMILES string of the molecule is O=C(c1cccnn1)N1CCOCC(Cc2nccn3cccc23)C1. The lowest BCUT2D eigenvalue weighted by Gasteiger charge is -2.23. The molecule has 25 heavy (non-hydrogen) atoms. The van der Waals surface area contributed by atoms with Gasteiger partial charge < -0.3 is 14.0 Å². The van der Waals surface area contributed by atoms with E-state index in [0.29, 0.717) is 32.0 Å². The Labute approximate surface area is 145 Å². The van der Waals surface area contributed by atoms with Gasteiger partial charge in [-0.3, -0.25) is 9.78 Å². The molecule has 4 rings (SSSR count). The fourth-order valence-corrected chi connectivity index (χ4v) is 3.23. The van der Waals surface area contributed by atoms with E-state index in [4.69, 9.17) is 4.74 Å². The summed E-state index contributed by atoms with van der Waals surface area (Å²) in [7, 11) is 0. The van der Waals surface area contributed by atoms with E-state index < -0.39 is 0 Å². The van der Waals surface area contributed by atoms with Crippen LogP contribution in [0.25, 0.3) is 5.52 Å². The van der Waals surface area contributed by atoms with Crippen molar-refractivity contribution in [2.45, 2.75) is 6.42 Å². The molecule has 7 heteroatoms. The Bertz CT molecular complexity index is 864. The number of carbonyl (C=O) groups is 1. The Morgan fingerprint density at radius 3 is 3.08 bits per heavy atom. The second kappa shape index (κ2) is 6.98. The summed E-state index contributed by atoms with van der Waals surface area (Å²) < 4.78 is 7.78. The summed E-state index contributed by atoms with van der Waals surface area (Å²) in [5.41, 5.74) is 2.49. The lowest BCUT2D eigenvalue weighted by molar-refractivity contribution is 0.0730. The van der Waals surface area contributed by atoms with Crippen LogP contribution in [0.5, 0.6) is 0 Å². The molecule has 1 aliphatic heterocycles.